The van der Waals surface area contributed by atoms with Crippen LogP contribution in [-0.4, -0.2) is 85.7 Å². The van der Waals surface area contributed by atoms with E-state index in [0.717, 1.165) is 15.4 Å². The second-order valence-electron chi connectivity index (χ2n) is 11.5. The number of fused-ring (bicyclic) bond motifs is 2. The quantitative estimate of drug-likeness (QED) is 0.408. The molecule has 3 amide bonds. The average Bonchev–Trinajstić information content (AvgIpc) is 3.44. The molecule has 3 aromatic rings. The number of hydrogen-bond donors (Lipinski definition) is 3. The Hall–Kier alpha value is -4.13. The predicted octanol–water partition coefficient (Wildman–Crippen LogP) is 3.45. The average molecular weight is 621 g/mol. The Bertz CT molecular complexity index is 1640. The van der Waals surface area contributed by atoms with Gasteiger partial charge in [0.1, 0.15) is 22.4 Å². The van der Waals surface area contributed by atoms with Gasteiger partial charge in [0.05, 0.1) is 19.8 Å². The molecule has 3 heterocycles. The number of benzene rings is 3. The number of urea groups is 1. The lowest BCUT2D eigenvalue weighted by atomic mass is 9.84. The van der Waals surface area contributed by atoms with E-state index >= 15 is 0 Å². The van der Waals surface area contributed by atoms with Crippen molar-refractivity contribution in [2.45, 2.75) is 48.3 Å². The van der Waals surface area contributed by atoms with Gasteiger partial charge in [-0.3, -0.25) is 4.79 Å². The van der Waals surface area contributed by atoms with Crippen LogP contribution in [0.2, 0.25) is 0 Å². The van der Waals surface area contributed by atoms with Crippen molar-refractivity contribution in [3.8, 4) is 22.6 Å². The molecule has 0 radical (unpaired) electrons. The number of sulfonamides is 1. The molecule has 11 nitrogen and oxygen atoms in total. The third-order valence-electron chi connectivity index (χ3n) is 8.73. The van der Waals surface area contributed by atoms with Gasteiger partial charge >= 0.3 is 6.03 Å². The first kappa shape index (κ1) is 29.9. The first-order valence-electron chi connectivity index (χ1n) is 14.7. The second-order valence-corrected chi connectivity index (χ2v) is 13.4. The van der Waals surface area contributed by atoms with E-state index < -0.39 is 33.6 Å². The van der Waals surface area contributed by atoms with Gasteiger partial charge in [0, 0.05) is 43.7 Å². The summed E-state index contributed by atoms with van der Waals surface area (Å²) in [6.45, 7) is 0.738. The molecule has 232 valence electrons. The second kappa shape index (κ2) is 12.1. The monoisotopic (exact) mass is 620 g/mol. The number of piperidine rings is 1. The van der Waals surface area contributed by atoms with Gasteiger partial charge in [-0.2, -0.15) is 4.31 Å². The van der Waals surface area contributed by atoms with E-state index in [9.17, 15) is 23.1 Å². The van der Waals surface area contributed by atoms with Crippen LogP contribution in [0.4, 0.5) is 10.5 Å². The highest BCUT2D eigenvalue weighted by molar-refractivity contribution is 7.89. The summed E-state index contributed by atoms with van der Waals surface area (Å²) in [5.74, 6) is 0.384. The largest absolute Gasteiger partial charge is 0.497 e. The number of methoxy groups -OCH3 is 1. The fourth-order valence-corrected chi connectivity index (χ4v) is 7.98. The van der Waals surface area contributed by atoms with Crippen molar-refractivity contribution < 1.29 is 32.6 Å². The summed E-state index contributed by atoms with van der Waals surface area (Å²) in [5.41, 5.74) is 1.54. The Labute approximate surface area is 256 Å². The maximum Gasteiger partial charge on any atom is 0.321 e. The van der Waals surface area contributed by atoms with Crippen molar-refractivity contribution in [2.75, 3.05) is 38.7 Å². The van der Waals surface area contributed by atoms with Crippen LogP contribution in [0.3, 0.4) is 0 Å². The van der Waals surface area contributed by atoms with Crippen molar-refractivity contribution in [3.63, 3.8) is 0 Å². The lowest BCUT2D eigenvalue weighted by Gasteiger charge is -2.43. The van der Waals surface area contributed by atoms with Gasteiger partial charge in [-0.25, -0.2) is 13.2 Å². The number of para-hydroxylation sites is 1. The number of hydrogen-bond acceptors (Lipinski definition) is 7. The first-order chi connectivity index (χ1) is 21.2. The number of amides is 3. The molecule has 3 N–H and O–H groups in total. The van der Waals surface area contributed by atoms with E-state index in [-0.39, 0.29) is 36.2 Å². The predicted molar refractivity (Wildman–Crippen MR) is 164 cm³/mol. The summed E-state index contributed by atoms with van der Waals surface area (Å²) in [6, 6.07) is 20.2. The number of aliphatic hydroxyl groups is 1. The van der Waals surface area contributed by atoms with Crippen molar-refractivity contribution in [2.24, 2.45) is 0 Å². The first-order valence-corrected chi connectivity index (χ1v) is 16.2. The summed E-state index contributed by atoms with van der Waals surface area (Å²) in [4.78, 5) is 28.3. The van der Waals surface area contributed by atoms with Crippen molar-refractivity contribution >= 4 is 27.6 Å². The molecule has 12 heteroatoms. The van der Waals surface area contributed by atoms with Crippen LogP contribution in [0.15, 0.2) is 77.7 Å². The van der Waals surface area contributed by atoms with Gasteiger partial charge in [0.15, 0.2) is 0 Å². The van der Waals surface area contributed by atoms with Crippen LogP contribution < -0.4 is 20.1 Å². The van der Waals surface area contributed by atoms with Crippen LogP contribution in [0.25, 0.3) is 11.1 Å². The Kier molecular flexibility index (Phi) is 8.23. The molecule has 44 heavy (non-hydrogen) atoms. The van der Waals surface area contributed by atoms with E-state index in [1.165, 1.54) is 6.07 Å². The summed E-state index contributed by atoms with van der Waals surface area (Å²) >= 11 is 0. The lowest BCUT2D eigenvalue weighted by molar-refractivity contribution is -0.127. The van der Waals surface area contributed by atoms with Crippen molar-refractivity contribution in [1.29, 1.82) is 0 Å². The molecule has 3 aliphatic heterocycles. The highest BCUT2D eigenvalue weighted by atomic mass is 32.2. The molecule has 0 saturated carbocycles. The summed E-state index contributed by atoms with van der Waals surface area (Å²) in [6.07, 6.45) is 0.338. The van der Waals surface area contributed by atoms with E-state index in [2.05, 4.69) is 10.6 Å². The topological polar surface area (TPSA) is 138 Å². The minimum absolute atomic E-state index is 0.00909. The third-order valence-corrected chi connectivity index (χ3v) is 10.6. The zero-order chi connectivity index (χ0) is 30.9. The molecule has 2 saturated heterocycles. The number of likely N-dealkylation sites (tertiary alicyclic amines) is 1. The number of aliphatic hydroxyl groups excluding tert-OH is 1. The standard InChI is InChI=1S/C32H36N4O7S/c1-42-26-9-5-6-22(18-26)23-10-11-29-28(19-23)43-17-14-32(34-30(38)27-20-25(37)21-36(27)44(29,40)41)12-15-35(16-13-32)31(39)33-24-7-3-2-4-8-24/h2-11,18-19,25,27,37H,12-17,20-21H2,1H3,(H,33,39)(H,34,38)/t25-,27+/m1/s1. The Balaban J connectivity index is 1.29. The molecular formula is C32H36N4O7S. The van der Waals surface area contributed by atoms with E-state index in [1.54, 1.807) is 24.1 Å². The van der Waals surface area contributed by atoms with Gasteiger partial charge in [0.2, 0.25) is 15.9 Å². The molecule has 0 aromatic heterocycles. The van der Waals surface area contributed by atoms with E-state index in [1.807, 2.05) is 54.6 Å². The number of nitrogens with one attached hydrogen (secondary N) is 2. The van der Waals surface area contributed by atoms with Gasteiger partial charge < -0.3 is 30.1 Å². The SMILES string of the molecule is COc1cccc(-c2ccc3c(c2)OCCC2(CCN(C(=O)Nc4ccccc4)CC2)NC(=O)[C@@H]2C[C@@H](O)CN2S3(=O)=O)c1. The molecule has 3 aliphatic rings. The molecule has 1 spiro atoms. The summed E-state index contributed by atoms with van der Waals surface area (Å²) < 4.78 is 40.7. The molecule has 2 fully saturated rings. The lowest BCUT2D eigenvalue weighted by Crippen LogP contribution is -2.60. The molecule has 6 rings (SSSR count). The minimum Gasteiger partial charge on any atom is -0.497 e. The molecule has 2 atom stereocenters. The zero-order valence-electron chi connectivity index (χ0n) is 24.4. The molecule has 3 aromatic carbocycles. The highest BCUT2D eigenvalue weighted by Crippen LogP contribution is 2.37. The van der Waals surface area contributed by atoms with Crippen LogP contribution >= 0.6 is 0 Å². The molecule has 0 bridgehead atoms. The Morgan fingerprint density at radius 1 is 1.02 bits per heavy atom. The third kappa shape index (κ3) is 5.97. The minimum atomic E-state index is -4.20. The summed E-state index contributed by atoms with van der Waals surface area (Å²) in [5, 5.41) is 16.6. The number of anilines is 1. The van der Waals surface area contributed by atoms with Crippen molar-refractivity contribution in [1.82, 2.24) is 14.5 Å². The molecular weight excluding hydrogens is 584 g/mol. The van der Waals surface area contributed by atoms with Crippen LogP contribution in [0.5, 0.6) is 11.5 Å². The number of carbonyl (C=O) groups excluding carboxylic acids is 2. The maximum absolute atomic E-state index is 14.0. The van der Waals surface area contributed by atoms with E-state index in [4.69, 9.17) is 9.47 Å². The van der Waals surface area contributed by atoms with Crippen LogP contribution in [0, 0.1) is 0 Å². The molecule has 0 unspecified atom stereocenters. The summed E-state index contributed by atoms with van der Waals surface area (Å²) in [7, 11) is -2.62. The fraction of sp³-hybridized carbons (Fsp3) is 0.375. The zero-order valence-corrected chi connectivity index (χ0v) is 25.3. The number of nitrogens with zero attached hydrogens (tertiary/aromatic N) is 2. The number of carbonyl (C=O) groups is 2. The van der Waals surface area contributed by atoms with Gasteiger partial charge in [-0.1, -0.05) is 36.4 Å². The number of rotatable bonds is 3. The highest BCUT2D eigenvalue weighted by Gasteiger charge is 2.47. The van der Waals surface area contributed by atoms with E-state index in [0.29, 0.717) is 43.8 Å². The smallest absolute Gasteiger partial charge is 0.321 e. The van der Waals surface area contributed by atoms with Gasteiger partial charge in [-0.05, 0) is 60.4 Å². The van der Waals surface area contributed by atoms with Crippen LogP contribution in [0.1, 0.15) is 25.7 Å². The van der Waals surface area contributed by atoms with Gasteiger partial charge in [-0.15, -0.1) is 0 Å². The van der Waals surface area contributed by atoms with Crippen molar-refractivity contribution in [3.05, 3.63) is 72.8 Å². The maximum atomic E-state index is 14.0. The normalized spacial score (nSPS) is 23.0. The number of ether oxygens (including phenoxy) is 2. The fourth-order valence-electron chi connectivity index (χ4n) is 6.23. The molecule has 0 aliphatic carbocycles. The Morgan fingerprint density at radius 2 is 1.77 bits per heavy atom. The van der Waals surface area contributed by atoms with Gasteiger partial charge in [0.25, 0.3) is 0 Å². The van der Waals surface area contributed by atoms with Crippen LogP contribution in [-0.2, 0) is 14.8 Å². The Morgan fingerprint density at radius 3 is 2.52 bits per heavy atom.